The smallest absolute Gasteiger partial charge is 0.271 e. The number of rotatable bonds is 2. The maximum atomic E-state index is 13.3. The second kappa shape index (κ2) is 4.53. The van der Waals surface area contributed by atoms with Crippen LogP contribution in [-0.2, 0) is 0 Å². The first-order chi connectivity index (χ1) is 8.00. The zero-order chi connectivity index (χ0) is 12.6. The van der Waals surface area contributed by atoms with E-state index in [1.807, 2.05) is 0 Å². The van der Waals surface area contributed by atoms with Gasteiger partial charge in [0.15, 0.2) is 5.69 Å². The molecule has 0 atom stereocenters. The topological polar surface area (TPSA) is 84.7 Å². The Morgan fingerprint density at radius 2 is 2.06 bits per heavy atom. The molecule has 1 aromatic heterocycles. The van der Waals surface area contributed by atoms with Crippen molar-refractivity contribution in [2.45, 2.75) is 0 Å². The number of H-pyrrole nitrogens is 1. The van der Waals surface area contributed by atoms with Crippen LogP contribution in [0.25, 0.3) is 11.3 Å². The largest absolute Gasteiger partial charge is 0.364 e. The van der Waals surface area contributed by atoms with Crippen LogP contribution in [0.4, 0.5) is 4.39 Å². The lowest BCUT2D eigenvalue weighted by Gasteiger charge is -2.04. The van der Waals surface area contributed by atoms with Crippen molar-refractivity contribution in [1.29, 1.82) is 0 Å². The maximum absolute atomic E-state index is 13.3. The van der Waals surface area contributed by atoms with E-state index in [1.54, 1.807) is 0 Å². The predicted molar refractivity (Wildman–Crippen MR) is 65.7 cm³/mol. The van der Waals surface area contributed by atoms with Crippen LogP contribution in [0.2, 0.25) is 0 Å². The van der Waals surface area contributed by atoms with Gasteiger partial charge < -0.3 is 5.73 Å². The summed E-state index contributed by atoms with van der Waals surface area (Å²) in [7, 11) is 0. The van der Waals surface area contributed by atoms with Crippen molar-refractivity contribution in [1.82, 2.24) is 15.4 Å². The fourth-order valence-electron chi connectivity index (χ4n) is 1.32. The molecule has 0 saturated heterocycles. The van der Waals surface area contributed by atoms with Gasteiger partial charge in [-0.3, -0.25) is 4.79 Å². The number of amides is 1. The average Bonchev–Trinajstić information content (AvgIpc) is 2.72. The first kappa shape index (κ1) is 12.2. The van der Waals surface area contributed by atoms with Crippen LogP contribution in [-0.4, -0.2) is 21.3 Å². The fraction of sp³-hybridized carbons (Fsp3) is 0. The van der Waals surface area contributed by atoms with E-state index < -0.39 is 11.7 Å². The normalized spacial score (nSPS) is 10.5. The number of nitrogens with two attached hydrogens (primary N) is 1. The predicted octanol–water partition coefficient (Wildman–Crippen LogP) is 2.23. The molecule has 8 heteroatoms. The standard InChI is InChI=1S/C9H5Br2FN4O/c10-5-2-3(12)1-4(6(5)11)7-8(9(13)17)15-16-14-7/h1-2H,(H2,13,17)(H,14,15,16). The number of halogens is 3. The van der Waals surface area contributed by atoms with Gasteiger partial charge in [0, 0.05) is 14.5 Å². The zero-order valence-corrected chi connectivity index (χ0v) is 11.3. The Morgan fingerprint density at radius 3 is 2.71 bits per heavy atom. The molecule has 5 nitrogen and oxygen atoms in total. The van der Waals surface area contributed by atoms with Gasteiger partial charge in [0.2, 0.25) is 0 Å². The Bertz CT molecular complexity index is 599. The highest BCUT2D eigenvalue weighted by molar-refractivity contribution is 9.13. The Morgan fingerprint density at radius 1 is 1.35 bits per heavy atom. The van der Waals surface area contributed by atoms with E-state index in [0.717, 1.165) is 0 Å². The van der Waals surface area contributed by atoms with Crippen LogP contribution in [0, 0.1) is 5.82 Å². The van der Waals surface area contributed by atoms with E-state index in [-0.39, 0.29) is 11.4 Å². The first-order valence-electron chi connectivity index (χ1n) is 4.36. The molecule has 0 aliphatic rings. The number of aromatic nitrogens is 3. The lowest BCUT2D eigenvalue weighted by Crippen LogP contribution is -2.12. The Labute approximate surface area is 112 Å². The van der Waals surface area contributed by atoms with Gasteiger partial charge in [-0.05, 0) is 44.0 Å². The summed E-state index contributed by atoms with van der Waals surface area (Å²) in [6.45, 7) is 0. The van der Waals surface area contributed by atoms with Crippen LogP contribution in [0.15, 0.2) is 21.1 Å². The number of primary amides is 1. The molecule has 2 aromatic rings. The molecule has 3 N–H and O–H groups in total. The molecule has 0 radical (unpaired) electrons. The molecule has 0 saturated carbocycles. The van der Waals surface area contributed by atoms with Crippen molar-refractivity contribution >= 4 is 37.8 Å². The lowest BCUT2D eigenvalue weighted by molar-refractivity contribution is 0.0996. The number of aromatic amines is 1. The van der Waals surface area contributed by atoms with Gasteiger partial charge in [0.05, 0.1) is 0 Å². The summed E-state index contributed by atoms with van der Waals surface area (Å²) in [6.07, 6.45) is 0. The Kier molecular flexibility index (Phi) is 3.25. The van der Waals surface area contributed by atoms with Crippen molar-refractivity contribution in [3.63, 3.8) is 0 Å². The van der Waals surface area contributed by atoms with E-state index >= 15 is 0 Å². The van der Waals surface area contributed by atoms with E-state index in [4.69, 9.17) is 5.73 Å². The minimum Gasteiger partial charge on any atom is -0.364 e. The van der Waals surface area contributed by atoms with E-state index in [9.17, 15) is 9.18 Å². The number of hydrogen-bond donors (Lipinski definition) is 2. The zero-order valence-electron chi connectivity index (χ0n) is 8.17. The van der Waals surface area contributed by atoms with Crippen LogP contribution in [0.5, 0.6) is 0 Å². The van der Waals surface area contributed by atoms with Crippen LogP contribution >= 0.6 is 31.9 Å². The highest BCUT2D eigenvalue weighted by atomic mass is 79.9. The SMILES string of the molecule is NC(=O)c1n[nH]nc1-c1cc(F)cc(Br)c1Br. The molecule has 1 amide bonds. The summed E-state index contributed by atoms with van der Waals surface area (Å²) in [5.41, 5.74) is 5.69. The van der Waals surface area contributed by atoms with E-state index in [2.05, 4.69) is 47.3 Å². The van der Waals surface area contributed by atoms with Crippen molar-refractivity contribution < 1.29 is 9.18 Å². The van der Waals surface area contributed by atoms with Crippen molar-refractivity contribution in [2.75, 3.05) is 0 Å². The molecule has 0 unspecified atom stereocenters. The summed E-state index contributed by atoms with van der Waals surface area (Å²) < 4.78 is 14.4. The van der Waals surface area contributed by atoms with Crippen molar-refractivity contribution in [3.05, 3.63) is 32.6 Å². The summed E-state index contributed by atoms with van der Waals surface area (Å²) in [4.78, 5) is 11.1. The van der Waals surface area contributed by atoms with Gasteiger partial charge in [-0.1, -0.05) is 0 Å². The molecule has 0 spiro atoms. The molecule has 1 aromatic carbocycles. The summed E-state index contributed by atoms with van der Waals surface area (Å²) in [6, 6.07) is 2.52. The number of carbonyl (C=O) groups excluding carboxylic acids is 1. The summed E-state index contributed by atoms with van der Waals surface area (Å²) in [5.74, 6) is -1.20. The van der Waals surface area contributed by atoms with E-state index in [0.29, 0.717) is 14.5 Å². The van der Waals surface area contributed by atoms with Crippen molar-refractivity contribution in [3.8, 4) is 11.3 Å². The summed E-state index contributed by atoms with van der Waals surface area (Å²) in [5, 5.41) is 9.70. The number of benzene rings is 1. The molecule has 2 rings (SSSR count). The van der Waals surface area contributed by atoms with Gasteiger partial charge in [0.1, 0.15) is 11.5 Å². The van der Waals surface area contributed by atoms with Crippen molar-refractivity contribution in [2.24, 2.45) is 5.73 Å². The number of carbonyl (C=O) groups is 1. The highest BCUT2D eigenvalue weighted by Gasteiger charge is 2.19. The Hall–Kier alpha value is -1.28. The molecule has 0 aliphatic heterocycles. The monoisotopic (exact) mass is 362 g/mol. The van der Waals surface area contributed by atoms with Crippen LogP contribution in [0.1, 0.15) is 10.5 Å². The van der Waals surface area contributed by atoms with Gasteiger partial charge in [-0.15, -0.1) is 0 Å². The van der Waals surface area contributed by atoms with Gasteiger partial charge >= 0.3 is 0 Å². The van der Waals surface area contributed by atoms with Gasteiger partial charge in [-0.25, -0.2) is 4.39 Å². The maximum Gasteiger partial charge on any atom is 0.271 e. The molecule has 1 heterocycles. The highest BCUT2D eigenvalue weighted by Crippen LogP contribution is 2.34. The molecular weight excluding hydrogens is 359 g/mol. The molecule has 17 heavy (non-hydrogen) atoms. The minimum absolute atomic E-state index is 0.0387. The fourth-order valence-corrected chi connectivity index (χ4v) is 2.17. The minimum atomic E-state index is -0.735. The Balaban J connectivity index is 2.68. The number of nitrogens with one attached hydrogen (secondary N) is 1. The summed E-state index contributed by atoms with van der Waals surface area (Å²) >= 11 is 6.45. The molecule has 0 aliphatic carbocycles. The van der Waals surface area contributed by atoms with Crippen LogP contribution in [0.3, 0.4) is 0 Å². The third-order valence-corrected chi connectivity index (χ3v) is 4.04. The third kappa shape index (κ3) is 2.22. The second-order valence-corrected chi connectivity index (χ2v) is 4.78. The quantitative estimate of drug-likeness (QED) is 0.802. The van der Waals surface area contributed by atoms with E-state index in [1.165, 1.54) is 12.1 Å². The van der Waals surface area contributed by atoms with Gasteiger partial charge in [0.25, 0.3) is 5.91 Å². The average molecular weight is 364 g/mol. The number of nitrogens with zero attached hydrogens (tertiary/aromatic N) is 2. The molecular formula is C9H5Br2FN4O. The van der Waals surface area contributed by atoms with Crippen LogP contribution < -0.4 is 5.73 Å². The third-order valence-electron chi connectivity index (χ3n) is 2.03. The first-order valence-corrected chi connectivity index (χ1v) is 5.94. The number of hydrogen-bond acceptors (Lipinski definition) is 3. The lowest BCUT2D eigenvalue weighted by atomic mass is 10.1. The van der Waals surface area contributed by atoms with Gasteiger partial charge in [-0.2, -0.15) is 15.4 Å². The second-order valence-electron chi connectivity index (χ2n) is 3.13. The molecule has 0 fully saturated rings. The molecule has 88 valence electrons. The molecule has 0 bridgehead atoms.